The summed E-state index contributed by atoms with van der Waals surface area (Å²) in [6.07, 6.45) is 6.45. The monoisotopic (exact) mass is 273 g/mol. The van der Waals surface area contributed by atoms with Crippen LogP contribution < -0.4 is 4.74 Å². The number of hydrogen-bond donors (Lipinski definition) is 0. The second-order valence-corrected chi connectivity index (χ2v) is 4.04. The summed E-state index contributed by atoms with van der Waals surface area (Å²) in [5.41, 5.74) is 2.29. The first-order valence-electron chi connectivity index (χ1n) is 5.96. The smallest absolute Gasteiger partial charge is 0.330 e. The number of ether oxygens (including phenoxy) is 2. The Morgan fingerprint density at radius 2 is 2.15 bits per heavy atom. The fourth-order valence-electron chi connectivity index (χ4n) is 1.66. The van der Waals surface area contributed by atoms with E-state index in [4.69, 9.17) is 4.74 Å². The first kappa shape index (κ1) is 13.8. The van der Waals surface area contributed by atoms with E-state index >= 15 is 0 Å². The lowest BCUT2D eigenvalue weighted by Crippen LogP contribution is -1.99. The van der Waals surface area contributed by atoms with Crippen molar-refractivity contribution in [3.63, 3.8) is 0 Å². The summed E-state index contributed by atoms with van der Waals surface area (Å²) in [5, 5.41) is 0. The van der Waals surface area contributed by atoms with E-state index in [1.807, 2.05) is 23.8 Å². The number of aromatic nitrogens is 3. The minimum Gasteiger partial charge on any atom is -0.479 e. The molecule has 0 atom stereocenters. The van der Waals surface area contributed by atoms with Crippen molar-refractivity contribution < 1.29 is 14.3 Å². The van der Waals surface area contributed by atoms with Crippen molar-refractivity contribution >= 4 is 12.0 Å². The highest BCUT2D eigenvalue weighted by molar-refractivity contribution is 5.86. The maximum atomic E-state index is 11.1. The molecule has 0 saturated carbocycles. The van der Waals surface area contributed by atoms with Crippen LogP contribution in [-0.4, -0.2) is 34.7 Å². The zero-order chi connectivity index (χ0) is 14.5. The SMILES string of the molecule is COC(=O)C=Cc1ccc(-n2cnc(C)c2)c(OC)n1. The van der Waals surface area contributed by atoms with E-state index in [1.165, 1.54) is 13.2 Å². The number of carbonyl (C=O) groups excluding carboxylic acids is 1. The Morgan fingerprint density at radius 3 is 2.75 bits per heavy atom. The van der Waals surface area contributed by atoms with Gasteiger partial charge in [-0.2, -0.15) is 0 Å². The number of carbonyl (C=O) groups is 1. The van der Waals surface area contributed by atoms with E-state index in [9.17, 15) is 4.79 Å². The minimum absolute atomic E-state index is 0.430. The van der Waals surface area contributed by atoms with Gasteiger partial charge in [-0.05, 0) is 25.1 Å². The highest BCUT2D eigenvalue weighted by Crippen LogP contribution is 2.21. The minimum atomic E-state index is -0.430. The van der Waals surface area contributed by atoms with Gasteiger partial charge in [0, 0.05) is 12.3 Å². The van der Waals surface area contributed by atoms with E-state index in [1.54, 1.807) is 25.6 Å². The van der Waals surface area contributed by atoms with Crippen molar-refractivity contribution in [1.29, 1.82) is 0 Å². The molecule has 0 aliphatic rings. The molecule has 0 N–H and O–H groups in total. The Morgan fingerprint density at radius 1 is 1.35 bits per heavy atom. The lowest BCUT2D eigenvalue weighted by atomic mass is 10.3. The van der Waals surface area contributed by atoms with E-state index in [2.05, 4.69) is 14.7 Å². The predicted octanol–water partition coefficient (Wildman–Crippen LogP) is 1.77. The predicted molar refractivity (Wildman–Crippen MR) is 73.7 cm³/mol. The second-order valence-electron chi connectivity index (χ2n) is 4.04. The van der Waals surface area contributed by atoms with Gasteiger partial charge in [-0.1, -0.05) is 0 Å². The van der Waals surface area contributed by atoms with Crippen LogP contribution in [0.1, 0.15) is 11.4 Å². The summed E-state index contributed by atoms with van der Waals surface area (Å²) in [5.74, 6) is 0.0227. The van der Waals surface area contributed by atoms with Crippen LogP contribution in [0, 0.1) is 6.92 Å². The average molecular weight is 273 g/mol. The molecule has 6 nitrogen and oxygen atoms in total. The molecule has 0 bridgehead atoms. The second kappa shape index (κ2) is 6.01. The summed E-state index contributed by atoms with van der Waals surface area (Å²) in [7, 11) is 2.87. The number of nitrogens with zero attached hydrogens (tertiary/aromatic N) is 3. The van der Waals surface area contributed by atoms with Crippen molar-refractivity contribution in [1.82, 2.24) is 14.5 Å². The molecule has 0 aliphatic carbocycles. The van der Waals surface area contributed by atoms with E-state index < -0.39 is 5.97 Å². The number of esters is 1. The van der Waals surface area contributed by atoms with Crippen molar-refractivity contribution in [2.75, 3.05) is 14.2 Å². The van der Waals surface area contributed by atoms with E-state index in [0.29, 0.717) is 11.6 Å². The highest BCUT2D eigenvalue weighted by Gasteiger charge is 2.08. The molecule has 2 heterocycles. The van der Waals surface area contributed by atoms with E-state index in [0.717, 1.165) is 11.4 Å². The van der Waals surface area contributed by atoms with E-state index in [-0.39, 0.29) is 0 Å². The Labute approximate surface area is 116 Å². The zero-order valence-electron chi connectivity index (χ0n) is 11.5. The van der Waals surface area contributed by atoms with Crippen LogP contribution >= 0.6 is 0 Å². The van der Waals surface area contributed by atoms with Gasteiger partial charge >= 0.3 is 5.97 Å². The molecule has 2 aromatic heterocycles. The molecule has 0 amide bonds. The third-order valence-electron chi connectivity index (χ3n) is 2.64. The van der Waals surface area contributed by atoms with Gasteiger partial charge in [0.15, 0.2) is 0 Å². The largest absolute Gasteiger partial charge is 0.479 e. The van der Waals surface area contributed by atoms with Crippen LogP contribution in [0.4, 0.5) is 0 Å². The Kier molecular flexibility index (Phi) is 4.14. The van der Waals surface area contributed by atoms with Crippen LogP contribution in [-0.2, 0) is 9.53 Å². The molecule has 104 valence electrons. The molecular weight excluding hydrogens is 258 g/mol. The van der Waals surface area contributed by atoms with Crippen LogP contribution in [0.3, 0.4) is 0 Å². The summed E-state index contributed by atoms with van der Waals surface area (Å²) < 4.78 is 11.6. The van der Waals surface area contributed by atoms with Crippen LogP contribution in [0.15, 0.2) is 30.7 Å². The Balaban J connectivity index is 2.33. The fraction of sp³-hybridized carbons (Fsp3) is 0.214. The van der Waals surface area contributed by atoms with Gasteiger partial charge in [-0.3, -0.25) is 0 Å². The van der Waals surface area contributed by atoms with Crippen LogP contribution in [0.5, 0.6) is 5.88 Å². The topological polar surface area (TPSA) is 66.2 Å². The standard InChI is InChI=1S/C14H15N3O3/c1-10-8-17(9-15-10)12-6-4-11(16-14(12)20-3)5-7-13(18)19-2/h4-9H,1-3H3. The molecule has 6 heteroatoms. The summed E-state index contributed by atoms with van der Waals surface area (Å²) in [4.78, 5) is 19.5. The molecular formula is C14H15N3O3. The third kappa shape index (κ3) is 3.03. The van der Waals surface area contributed by atoms with Gasteiger partial charge in [0.25, 0.3) is 0 Å². The Bertz CT molecular complexity index is 647. The molecule has 0 aliphatic heterocycles. The van der Waals surface area contributed by atoms with Gasteiger partial charge in [-0.25, -0.2) is 14.8 Å². The highest BCUT2D eigenvalue weighted by atomic mass is 16.5. The number of aryl methyl sites for hydroxylation is 1. The fourth-order valence-corrected chi connectivity index (χ4v) is 1.66. The molecule has 0 spiro atoms. The third-order valence-corrected chi connectivity index (χ3v) is 2.64. The van der Waals surface area contributed by atoms with Crippen molar-refractivity contribution in [2.24, 2.45) is 0 Å². The molecule has 0 radical (unpaired) electrons. The summed E-state index contributed by atoms with van der Waals surface area (Å²) in [6.45, 7) is 1.91. The van der Waals surface area contributed by atoms with Crippen LogP contribution in [0.25, 0.3) is 11.8 Å². The molecule has 20 heavy (non-hydrogen) atoms. The maximum absolute atomic E-state index is 11.1. The number of pyridine rings is 1. The van der Waals surface area contributed by atoms with Gasteiger partial charge in [0.2, 0.25) is 5.88 Å². The van der Waals surface area contributed by atoms with Gasteiger partial charge in [0.05, 0.1) is 31.9 Å². The Hall–Kier alpha value is -2.63. The van der Waals surface area contributed by atoms with Crippen LogP contribution in [0.2, 0.25) is 0 Å². The van der Waals surface area contributed by atoms with Crippen molar-refractivity contribution in [2.45, 2.75) is 6.92 Å². The quantitative estimate of drug-likeness (QED) is 0.627. The van der Waals surface area contributed by atoms with Crippen molar-refractivity contribution in [3.05, 3.63) is 42.1 Å². The zero-order valence-corrected chi connectivity index (χ0v) is 11.5. The number of imidazole rings is 1. The maximum Gasteiger partial charge on any atom is 0.330 e. The van der Waals surface area contributed by atoms with Gasteiger partial charge in [0.1, 0.15) is 5.69 Å². The first-order chi connectivity index (χ1) is 9.63. The molecule has 0 saturated heterocycles. The molecule has 0 aromatic carbocycles. The molecule has 2 aromatic rings. The number of hydrogen-bond acceptors (Lipinski definition) is 5. The normalized spacial score (nSPS) is 10.8. The number of methoxy groups -OCH3 is 2. The lowest BCUT2D eigenvalue weighted by Gasteiger charge is -2.08. The van der Waals surface area contributed by atoms with Crippen molar-refractivity contribution in [3.8, 4) is 11.6 Å². The average Bonchev–Trinajstić information content (AvgIpc) is 2.90. The summed E-state index contributed by atoms with van der Waals surface area (Å²) >= 11 is 0. The number of rotatable bonds is 4. The molecule has 2 rings (SSSR count). The first-order valence-corrected chi connectivity index (χ1v) is 5.96. The molecule has 0 unspecified atom stereocenters. The van der Waals surface area contributed by atoms with Gasteiger partial charge < -0.3 is 14.0 Å². The summed E-state index contributed by atoms with van der Waals surface area (Å²) in [6, 6.07) is 3.64. The van der Waals surface area contributed by atoms with Gasteiger partial charge in [-0.15, -0.1) is 0 Å². The molecule has 0 fully saturated rings. The lowest BCUT2D eigenvalue weighted by molar-refractivity contribution is -0.134.